The summed E-state index contributed by atoms with van der Waals surface area (Å²) in [6.45, 7) is 16.6. The molecule has 2 heterocycles. The fourth-order valence-electron chi connectivity index (χ4n) is 14.6. The highest BCUT2D eigenvalue weighted by molar-refractivity contribution is 7.80. The van der Waals surface area contributed by atoms with Crippen molar-refractivity contribution in [2.24, 2.45) is 46.8 Å². The third-order valence-corrected chi connectivity index (χ3v) is 23.5. The average Bonchev–Trinajstić information content (AvgIpc) is 1.68. The number of thiol groups is 2. The number of carbonyl (C=O) groups excluding carboxylic acids is 17. The zero-order valence-corrected chi connectivity index (χ0v) is 83.3. The van der Waals surface area contributed by atoms with Gasteiger partial charge in [-0.3, -0.25) is 107 Å². The van der Waals surface area contributed by atoms with Gasteiger partial charge in [0.2, 0.25) is 100 Å². The summed E-state index contributed by atoms with van der Waals surface area (Å²) in [7, 11) is 0. The van der Waals surface area contributed by atoms with Crippen molar-refractivity contribution in [3.63, 3.8) is 0 Å². The first-order valence-electron chi connectivity index (χ1n) is 46.6. The number of H-pyrrole nitrogens is 1. The van der Waals surface area contributed by atoms with E-state index in [1.807, 2.05) is 0 Å². The van der Waals surface area contributed by atoms with Crippen LogP contribution in [0.25, 0.3) is 10.9 Å². The molecular weight excluding hydrogens is 1900 g/mol. The quantitative estimate of drug-likeness (QED) is 0.0127. The highest BCUT2D eigenvalue weighted by Crippen LogP contribution is 2.24. The fourth-order valence-corrected chi connectivity index (χ4v) is 15.1. The monoisotopic (exact) mass is 2050 g/mol. The van der Waals surface area contributed by atoms with E-state index in [0.717, 1.165) is 6.92 Å². The van der Waals surface area contributed by atoms with Gasteiger partial charge >= 0.3 is 23.9 Å². The molecule has 0 spiro atoms. The van der Waals surface area contributed by atoms with E-state index in [4.69, 9.17) is 28.0 Å². The number of carboxylic acids is 4. The highest BCUT2D eigenvalue weighted by Gasteiger charge is 2.44. The van der Waals surface area contributed by atoms with Crippen molar-refractivity contribution in [3.05, 3.63) is 36.0 Å². The first-order chi connectivity index (χ1) is 66.6. The number of nitrogens with one attached hydrogen (secondary N) is 21. The van der Waals surface area contributed by atoms with Crippen molar-refractivity contribution in [2.45, 2.75) is 288 Å². The Bertz CT molecular complexity index is 4740. The molecule has 17 amide bonds. The maximum Gasteiger partial charge on any atom is 0.326 e. The van der Waals surface area contributed by atoms with E-state index >= 15 is 0 Å². The second-order valence-corrected chi connectivity index (χ2v) is 36.8. The van der Waals surface area contributed by atoms with E-state index in [2.05, 4.69) is 126 Å². The van der Waals surface area contributed by atoms with Gasteiger partial charge in [-0.25, -0.2) is 4.79 Å². The molecule has 1 aliphatic heterocycles. The smallest absolute Gasteiger partial charge is 0.326 e. The first-order valence-corrected chi connectivity index (χ1v) is 47.8. The molecule has 52 nitrogen and oxygen atoms in total. The minimum Gasteiger partial charge on any atom is -0.481 e. The van der Waals surface area contributed by atoms with E-state index in [0.29, 0.717) is 16.5 Å². The van der Waals surface area contributed by atoms with E-state index < -0.39 is 320 Å². The number of rotatable bonds is 64. The van der Waals surface area contributed by atoms with Gasteiger partial charge in [-0.2, -0.15) is 25.3 Å². The SMILES string of the molecule is CC[C@H](C)[C@H](NC(=O)[C@H](CS)NC(=O)[C@@H](NC(=O)[C@H](C)NC(=O)[C@H](CS)NC(=O)[C@@H]1CCCN1C(=O)[C@@H](NC(=O)CNC(=O)[C@H](Cc1c[nH]c2ccccc12)NC(=O)[C@H](CCC(=O)O)NC(=O)[C@H](CO)NC(=O)[C@H](CC(C)C)NC(=O)[C@H](CCC(=O)O)NC(=O)[C@@H](N)C(C)C)C(C)C)[C@@H](C)O)C(=O)N[C@@H](CC(C)C)C(=O)N[C@@H](CC(=O)O)C(=O)N[C@@H](CCCNC(=N)N)C(=O)N[C@@H](CCCNC(=N)N)C(=O)O. The number of amides is 17. The Morgan fingerprint density at radius 3 is 1.38 bits per heavy atom. The molecule has 0 aliphatic carbocycles. The van der Waals surface area contributed by atoms with Crippen molar-refractivity contribution >= 4 is 172 Å². The molecular formula is C88H143N25O27S2. The van der Waals surface area contributed by atoms with Crippen molar-refractivity contribution in [2.75, 3.05) is 44.3 Å². The number of carbonyl (C=O) groups is 21. The molecule has 33 N–H and O–H groups in total. The Morgan fingerprint density at radius 1 is 0.465 bits per heavy atom. The fraction of sp³-hybridized carbons (Fsp3) is 0.648. The van der Waals surface area contributed by atoms with Gasteiger partial charge in [0, 0.05) is 67.5 Å². The number of nitrogens with two attached hydrogens (primary N) is 3. The predicted molar refractivity (Wildman–Crippen MR) is 519 cm³/mol. The Labute approximate surface area is 831 Å². The van der Waals surface area contributed by atoms with Crippen LogP contribution in [0.5, 0.6) is 0 Å². The van der Waals surface area contributed by atoms with Crippen LogP contribution in [0.15, 0.2) is 30.5 Å². The number of para-hydroxylation sites is 1. The Morgan fingerprint density at radius 2 is 0.894 bits per heavy atom. The van der Waals surface area contributed by atoms with Crippen molar-refractivity contribution < 1.29 is 131 Å². The minimum absolute atomic E-state index is 0.0104. The van der Waals surface area contributed by atoms with Gasteiger partial charge < -0.3 is 153 Å². The molecule has 0 radical (unpaired) electrons. The standard InChI is InChI=1S/C88H143N25O27S2/c1-13-44(10)68(83(136)106-55(32-41(4)5)75(128)105-57(34-65(121)122)77(130)99-50(21-16-28-94-87(90)91)72(125)102-53(86(139)140)22-17-29-95-88(92)93)111-80(133)60(39-142)109-84(137)69(46(12)115)112-70(123)45(11)98-79(132)59(38-141)108-81(134)61-23-18-30-113(61)85(138)67(43(8)9)110-62(116)36-97-71(124)56(33-47-35-96-49-20-15-14-19-48(47)49)104-73(126)51(24-26-63(117)118)100-78(131)58(37-114)107-76(129)54(31-40(2)3)103-74(127)52(25-27-64(119)120)101-82(135)66(89)42(6)7/h14-15,19-20,35,40-46,50-61,66-69,96,114-115,141-142H,13,16-18,21-34,36-39,89H2,1-12H3,(H,97,124)(H,98,132)(H,99,130)(H,100,131)(H,101,135)(H,102,125)(H,103,127)(H,104,126)(H,105,128)(H,106,136)(H,107,129)(H,108,134)(H,109,137)(H,110,116)(H,111,133)(H,112,123)(H,117,118)(H,119,120)(H,121,122)(H,139,140)(H4,90,91,94)(H4,92,93,95)/t44-,45-,46+,50-,51-,52-,53-,54-,55-,56-,57-,58-,59-,60-,61-,66-,67-,68-,69-/m0/s1. The van der Waals surface area contributed by atoms with Gasteiger partial charge in [-0.15, -0.1) is 0 Å². The lowest BCUT2D eigenvalue weighted by atomic mass is 9.96. The molecule has 0 saturated carbocycles. The number of carboxylic acid groups (broad SMARTS) is 4. The normalized spacial score (nSPS) is 16.1. The molecule has 0 bridgehead atoms. The number of aromatic amines is 1. The molecule has 1 aromatic heterocycles. The maximum atomic E-state index is 14.6. The number of aliphatic carboxylic acids is 4. The number of hydrogen-bond donors (Lipinski definition) is 32. The summed E-state index contributed by atoms with van der Waals surface area (Å²) in [5, 5.41) is 120. The molecule has 142 heavy (non-hydrogen) atoms. The number of guanidine groups is 2. The molecule has 2 aromatic rings. The summed E-state index contributed by atoms with van der Waals surface area (Å²) < 4.78 is 0. The molecule has 3 rings (SSSR count). The number of aliphatic hydroxyl groups excluding tert-OH is 2. The van der Waals surface area contributed by atoms with Gasteiger partial charge in [0.15, 0.2) is 11.9 Å². The second-order valence-electron chi connectivity index (χ2n) is 36.1. The maximum absolute atomic E-state index is 14.6. The Balaban J connectivity index is 1.79. The lowest BCUT2D eigenvalue weighted by Gasteiger charge is -2.31. The van der Waals surface area contributed by atoms with Crippen LogP contribution >= 0.6 is 25.3 Å². The molecule has 794 valence electrons. The molecule has 1 aliphatic rings. The van der Waals surface area contributed by atoms with Crippen molar-refractivity contribution in [1.29, 1.82) is 10.8 Å². The van der Waals surface area contributed by atoms with E-state index in [-0.39, 0.29) is 95.7 Å². The number of likely N-dealkylation sites (tertiary alicyclic amines) is 1. The van der Waals surface area contributed by atoms with Crippen molar-refractivity contribution in [1.82, 2.24) is 106 Å². The summed E-state index contributed by atoms with van der Waals surface area (Å²) in [6.07, 6.45) is -4.08. The highest BCUT2D eigenvalue weighted by atomic mass is 32.1. The number of aliphatic hydroxyl groups is 2. The van der Waals surface area contributed by atoms with Gasteiger partial charge in [-0.05, 0) is 119 Å². The first kappa shape index (κ1) is 123. The number of benzene rings is 1. The summed E-state index contributed by atoms with van der Waals surface area (Å²) in [5.41, 5.74) is 17.7. The Hall–Kier alpha value is -13.2. The lowest BCUT2D eigenvalue weighted by Crippen LogP contribution is -2.62. The number of hydrogen-bond acceptors (Lipinski definition) is 28. The minimum atomic E-state index is -1.94. The predicted octanol–water partition coefficient (Wildman–Crippen LogP) is -7.06. The van der Waals surface area contributed by atoms with E-state index in [1.54, 1.807) is 93.5 Å². The Kier molecular flexibility index (Phi) is 53.2. The van der Waals surface area contributed by atoms with Crippen molar-refractivity contribution in [3.8, 4) is 0 Å². The number of nitrogens with zero attached hydrogens (tertiary/aromatic N) is 1. The third kappa shape index (κ3) is 42.3. The summed E-state index contributed by atoms with van der Waals surface area (Å²) in [5.74, 6) is -27.6. The van der Waals surface area contributed by atoms with Crippen LogP contribution in [0.3, 0.4) is 0 Å². The molecule has 1 aromatic carbocycles. The zero-order chi connectivity index (χ0) is 107. The van der Waals surface area contributed by atoms with Crippen LogP contribution < -0.4 is 113 Å². The second kappa shape index (κ2) is 61.5. The zero-order valence-electron chi connectivity index (χ0n) is 81.6. The number of fused-ring (bicyclic) bond motifs is 1. The third-order valence-electron chi connectivity index (χ3n) is 22.8. The molecule has 54 heteroatoms. The van der Waals surface area contributed by atoms with Crippen LogP contribution in [-0.2, 0) is 107 Å². The molecule has 1 saturated heterocycles. The largest absolute Gasteiger partial charge is 0.481 e. The molecule has 1 fully saturated rings. The summed E-state index contributed by atoms with van der Waals surface area (Å²) in [4.78, 5) is 291. The van der Waals surface area contributed by atoms with Gasteiger partial charge in [0.05, 0.1) is 31.7 Å². The van der Waals surface area contributed by atoms with Crippen LogP contribution in [0.2, 0.25) is 0 Å². The van der Waals surface area contributed by atoms with Crippen LogP contribution in [0.4, 0.5) is 0 Å². The molecule has 19 atom stereocenters. The number of aromatic nitrogens is 1. The van der Waals surface area contributed by atoms with Crippen LogP contribution in [-0.4, -0.2) is 330 Å². The van der Waals surface area contributed by atoms with Gasteiger partial charge in [0.25, 0.3) is 0 Å². The van der Waals surface area contributed by atoms with Crippen LogP contribution in [0.1, 0.15) is 179 Å². The van der Waals surface area contributed by atoms with Crippen LogP contribution in [0, 0.1) is 40.4 Å². The lowest BCUT2D eigenvalue weighted by molar-refractivity contribution is -0.143. The topological polar surface area (TPSA) is 841 Å². The summed E-state index contributed by atoms with van der Waals surface area (Å²) in [6, 6.07) is -20.0. The summed E-state index contributed by atoms with van der Waals surface area (Å²) >= 11 is 8.50. The van der Waals surface area contributed by atoms with Gasteiger partial charge in [-0.1, -0.05) is 93.9 Å². The van der Waals surface area contributed by atoms with E-state index in [1.165, 1.54) is 18.0 Å². The van der Waals surface area contributed by atoms with Gasteiger partial charge in [0.1, 0.15) is 96.7 Å². The van der Waals surface area contributed by atoms with E-state index in [9.17, 15) is 131 Å². The average molecular weight is 2050 g/mol. The molecule has 0 unspecified atom stereocenters.